The lowest BCUT2D eigenvalue weighted by Gasteiger charge is -2.39. The van der Waals surface area contributed by atoms with Gasteiger partial charge in [-0.15, -0.1) is 0 Å². The number of hydrogen-bond donors (Lipinski definition) is 0. The zero-order valence-corrected chi connectivity index (χ0v) is 23.8. The lowest BCUT2D eigenvalue weighted by molar-refractivity contribution is -0.154. The second-order valence-electron chi connectivity index (χ2n) is 10.5. The maximum Gasteiger partial charge on any atom is 0.296 e. The summed E-state index contributed by atoms with van der Waals surface area (Å²) in [5, 5.41) is 0. The largest absolute Gasteiger partial charge is 0.396 e. The minimum Gasteiger partial charge on any atom is -0.396 e. The second kappa shape index (κ2) is 13.0. The Morgan fingerprint density at radius 2 is 1.59 bits per heavy atom. The van der Waals surface area contributed by atoms with Crippen LogP contribution in [0.25, 0.3) is 0 Å². The molecule has 0 bridgehead atoms. The third-order valence-corrected chi connectivity index (χ3v) is 8.06. The van der Waals surface area contributed by atoms with Gasteiger partial charge in [0, 0.05) is 5.92 Å². The molecule has 0 N–H and O–H groups in total. The Bertz CT molecular complexity index is 953. The van der Waals surface area contributed by atoms with Crippen LogP contribution in [0.15, 0.2) is 59.5 Å². The first-order valence-corrected chi connectivity index (χ1v) is 16.3. The molecule has 0 saturated heterocycles. The van der Waals surface area contributed by atoms with Gasteiger partial charge in [0.15, 0.2) is 15.3 Å². The predicted octanol–water partition coefficient (Wildman–Crippen LogP) is 6.32. The minimum atomic E-state index is -3.74. The summed E-state index contributed by atoms with van der Waals surface area (Å²) in [5.41, 5.74) is 2.10. The van der Waals surface area contributed by atoms with Gasteiger partial charge in [0.25, 0.3) is 10.1 Å². The smallest absolute Gasteiger partial charge is 0.296 e. The van der Waals surface area contributed by atoms with E-state index in [9.17, 15) is 8.42 Å². The van der Waals surface area contributed by atoms with E-state index in [-0.39, 0.29) is 35.0 Å². The van der Waals surface area contributed by atoms with Gasteiger partial charge in [-0.3, -0.25) is 4.18 Å². The van der Waals surface area contributed by atoms with Crippen molar-refractivity contribution < 1.29 is 21.8 Å². The van der Waals surface area contributed by atoms with Crippen molar-refractivity contribution in [2.75, 3.05) is 6.61 Å². The molecule has 5 nitrogen and oxygen atoms in total. The number of hydrogen-bond acceptors (Lipinski definition) is 5. The molecule has 0 saturated carbocycles. The number of ether oxygens (including phenoxy) is 1. The van der Waals surface area contributed by atoms with Gasteiger partial charge in [-0.25, -0.2) is 0 Å². The van der Waals surface area contributed by atoms with Crippen LogP contribution in [-0.4, -0.2) is 30.4 Å². The number of rotatable bonds is 13. The standard InChI is InChI=1S/C27H42O5SSi/c1-21-13-15-24(16-14-21)33(28,29)31-18-17-22(2)19-25(27(3,4)5)26(32-34(6)7)30-20-23-11-9-8-10-12-23/h8-16,22,25-26,34H,17-20H2,1-7H3/t22-,25-,26?/m0/s1. The van der Waals surface area contributed by atoms with Crippen molar-refractivity contribution in [3.05, 3.63) is 65.7 Å². The van der Waals surface area contributed by atoms with Crippen LogP contribution >= 0.6 is 0 Å². The number of aryl methyl sites for hydroxylation is 1. The van der Waals surface area contributed by atoms with Gasteiger partial charge in [0.05, 0.1) is 18.1 Å². The third kappa shape index (κ3) is 9.62. The molecule has 7 heteroatoms. The van der Waals surface area contributed by atoms with Crippen LogP contribution in [-0.2, 0) is 30.1 Å². The zero-order chi connectivity index (χ0) is 25.4. The Hall–Kier alpha value is -1.51. The highest BCUT2D eigenvalue weighted by atomic mass is 32.2. The predicted molar refractivity (Wildman–Crippen MR) is 141 cm³/mol. The van der Waals surface area contributed by atoms with Gasteiger partial charge in [-0.05, 0) is 61.9 Å². The van der Waals surface area contributed by atoms with Gasteiger partial charge in [-0.1, -0.05) is 75.7 Å². The molecule has 2 aromatic carbocycles. The third-order valence-electron chi connectivity index (χ3n) is 5.92. The summed E-state index contributed by atoms with van der Waals surface area (Å²) < 4.78 is 43.1. The highest BCUT2D eigenvalue weighted by Crippen LogP contribution is 2.37. The van der Waals surface area contributed by atoms with E-state index in [0.717, 1.165) is 17.5 Å². The Morgan fingerprint density at radius 1 is 0.971 bits per heavy atom. The molecule has 0 amide bonds. The molecule has 0 aliphatic rings. The van der Waals surface area contributed by atoms with Gasteiger partial charge < -0.3 is 9.16 Å². The van der Waals surface area contributed by atoms with E-state index in [0.29, 0.717) is 13.0 Å². The van der Waals surface area contributed by atoms with Crippen LogP contribution in [0, 0.1) is 24.2 Å². The molecule has 0 radical (unpaired) electrons. The molecular formula is C27H42O5SSi. The van der Waals surface area contributed by atoms with Crippen LogP contribution in [0.2, 0.25) is 13.1 Å². The SMILES string of the molecule is Cc1ccc(S(=O)(=O)OCC[C@H](C)C[C@@H](C(OCc2ccccc2)O[SiH](C)C)C(C)(C)C)cc1. The van der Waals surface area contributed by atoms with Crippen molar-refractivity contribution in [3.8, 4) is 0 Å². The van der Waals surface area contributed by atoms with Crippen molar-refractivity contribution in [2.45, 2.75) is 78.3 Å². The molecule has 34 heavy (non-hydrogen) atoms. The van der Waals surface area contributed by atoms with Crippen molar-refractivity contribution in [3.63, 3.8) is 0 Å². The fourth-order valence-electron chi connectivity index (χ4n) is 3.83. The van der Waals surface area contributed by atoms with E-state index in [4.69, 9.17) is 13.3 Å². The summed E-state index contributed by atoms with van der Waals surface area (Å²) in [6.45, 7) is 15.7. The Labute approximate surface area is 208 Å². The summed E-state index contributed by atoms with van der Waals surface area (Å²) >= 11 is 0. The molecule has 2 aromatic rings. The van der Waals surface area contributed by atoms with Crippen molar-refractivity contribution in [1.82, 2.24) is 0 Å². The second-order valence-corrected chi connectivity index (χ2v) is 14.5. The quantitative estimate of drug-likeness (QED) is 0.181. The monoisotopic (exact) mass is 506 g/mol. The van der Waals surface area contributed by atoms with Crippen molar-refractivity contribution in [1.29, 1.82) is 0 Å². The Morgan fingerprint density at radius 3 is 2.15 bits per heavy atom. The Balaban J connectivity index is 2.01. The fraction of sp³-hybridized carbons (Fsp3) is 0.556. The van der Waals surface area contributed by atoms with E-state index < -0.39 is 19.2 Å². The highest BCUT2D eigenvalue weighted by molar-refractivity contribution is 7.86. The molecule has 0 spiro atoms. The van der Waals surface area contributed by atoms with Crippen molar-refractivity contribution >= 4 is 19.2 Å². The summed E-state index contributed by atoms with van der Waals surface area (Å²) in [6, 6.07) is 16.9. The summed E-state index contributed by atoms with van der Waals surface area (Å²) in [4.78, 5) is 0.197. The molecule has 2 rings (SSSR count). The van der Waals surface area contributed by atoms with E-state index >= 15 is 0 Å². The first-order chi connectivity index (χ1) is 15.9. The average Bonchev–Trinajstić information content (AvgIpc) is 2.75. The van der Waals surface area contributed by atoms with Crippen LogP contribution < -0.4 is 0 Å². The number of benzene rings is 2. The normalized spacial score (nSPS) is 15.3. The topological polar surface area (TPSA) is 61.8 Å². The van der Waals surface area contributed by atoms with E-state index in [1.807, 2.05) is 25.1 Å². The summed E-state index contributed by atoms with van der Waals surface area (Å²) in [7, 11) is -5.08. The molecule has 0 fully saturated rings. The molecule has 0 aromatic heterocycles. The van der Waals surface area contributed by atoms with Gasteiger partial charge >= 0.3 is 0 Å². The lowest BCUT2D eigenvalue weighted by atomic mass is 9.75. The molecule has 0 heterocycles. The summed E-state index contributed by atoms with van der Waals surface area (Å²) in [6.07, 6.45) is 1.20. The lowest BCUT2D eigenvalue weighted by Crippen LogP contribution is -2.39. The Kier molecular flexibility index (Phi) is 11.0. The first-order valence-electron chi connectivity index (χ1n) is 12.2. The molecule has 3 atom stereocenters. The fourth-order valence-corrected chi connectivity index (χ4v) is 5.55. The van der Waals surface area contributed by atoms with E-state index in [2.05, 4.69) is 52.9 Å². The summed E-state index contributed by atoms with van der Waals surface area (Å²) in [5.74, 6) is 0.410. The molecule has 1 unspecified atom stereocenters. The molecule has 0 aliphatic carbocycles. The first kappa shape index (κ1) is 28.7. The van der Waals surface area contributed by atoms with E-state index in [1.54, 1.807) is 24.3 Å². The van der Waals surface area contributed by atoms with Crippen LogP contribution in [0.5, 0.6) is 0 Å². The molecule has 0 aliphatic heterocycles. The highest BCUT2D eigenvalue weighted by Gasteiger charge is 2.35. The van der Waals surface area contributed by atoms with Crippen LogP contribution in [0.1, 0.15) is 51.7 Å². The average molecular weight is 507 g/mol. The van der Waals surface area contributed by atoms with Crippen molar-refractivity contribution in [2.24, 2.45) is 17.3 Å². The molecule has 190 valence electrons. The maximum atomic E-state index is 12.5. The van der Waals surface area contributed by atoms with Gasteiger partial charge in [-0.2, -0.15) is 8.42 Å². The van der Waals surface area contributed by atoms with Crippen LogP contribution in [0.4, 0.5) is 0 Å². The van der Waals surface area contributed by atoms with Crippen LogP contribution in [0.3, 0.4) is 0 Å². The zero-order valence-electron chi connectivity index (χ0n) is 21.8. The maximum absolute atomic E-state index is 12.5. The minimum absolute atomic E-state index is 0.0340. The van der Waals surface area contributed by atoms with Gasteiger partial charge in [0.2, 0.25) is 0 Å². The molecular weight excluding hydrogens is 464 g/mol. The van der Waals surface area contributed by atoms with Gasteiger partial charge in [0.1, 0.15) is 0 Å². The van der Waals surface area contributed by atoms with E-state index in [1.165, 1.54) is 0 Å².